The number of nitrogens with zero attached hydrogens (tertiary/aromatic N) is 6. The topological polar surface area (TPSA) is 67.2 Å². The number of piperidine rings is 1. The van der Waals surface area contributed by atoms with Crippen LogP contribution in [-0.4, -0.2) is 56.7 Å². The van der Waals surface area contributed by atoms with E-state index in [4.69, 9.17) is 0 Å². The lowest BCUT2D eigenvalue weighted by molar-refractivity contribution is 0.0710. The first-order valence-electron chi connectivity index (χ1n) is 10.1. The third-order valence-corrected chi connectivity index (χ3v) is 5.82. The van der Waals surface area contributed by atoms with Gasteiger partial charge in [0.2, 0.25) is 0 Å². The number of carbonyl (C=O) groups excluding carboxylic acids is 1. The van der Waals surface area contributed by atoms with E-state index >= 15 is 0 Å². The van der Waals surface area contributed by atoms with E-state index in [1.54, 1.807) is 12.5 Å². The van der Waals surface area contributed by atoms with Crippen molar-refractivity contribution in [3.63, 3.8) is 0 Å². The van der Waals surface area contributed by atoms with Gasteiger partial charge in [-0.1, -0.05) is 12.8 Å². The average Bonchev–Trinajstić information content (AvgIpc) is 2.97. The summed E-state index contributed by atoms with van der Waals surface area (Å²) in [7, 11) is 1.98. The summed E-state index contributed by atoms with van der Waals surface area (Å²) in [5, 5.41) is 8.19. The van der Waals surface area contributed by atoms with Crippen LogP contribution in [0, 0.1) is 0 Å². The fraction of sp³-hybridized carbons (Fsp3) is 0.600. The molecule has 144 valence electrons. The second-order valence-corrected chi connectivity index (χ2v) is 7.67. The molecule has 0 N–H and O–H groups in total. The average molecular weight is 368 g/mol. The molecule has 0 spiro atoms. The molecular formula is C20H28N6O. The number of likely N-dealkylation sites (tertiary alicyclic amines) is 1. The van der Waals surface area contributed by atoms with Crippen LogP contribution in [0.25, 0.3) is 0 Å². The van der Waals surface area contributed by atoms with Crippen molar-refractivity contribution in [2.75, 3.05) is 31.1 Å². The van der Waals surface area contributed by atoms with E-state index in [2.05, 4.69) is 20.1 Å². The predicted molar refractivity (Wildman–Crippen MR) is 104 cm³/mol. The molecular weight excluding hydrogens is 340 g/mol. The second kappa shape index (κ2) is 8.06. The van der Waals surface area contributed by atoms with Gasteiger partial charge in [0.25, 0.3) is 5.91 Å². The van der Waals surface area contributed by atoms with Gasteiger partial charge in [-0.05, 0) is 37.8 Å². The zero-order valence-corrected chi connectivity index (χ0v) is 16.0. The molecule has 7 heteroatoms. The highest BCUT2D eigenvalue weighted by molar-refractivity contribution is 5.94. The quantitative estimate of drug-likeness (QED) is 0.833. The minimum absolute atomic E-state index is 0.0846. The van der Waals surface area contributed by atoms with Crippen molar-refractivity contribution < 1.29 is 4.79 Å². The normalized spacial score (nSPS) is 19.1. The summed E-state index contributed by atoms with van der Waals surface area (Å²) < 4.78 is 1.98. The molecule has 0 aromatic carbocycles. The van der Waals surface area contributed by atoms with Gasteiger partial charge in [-0.2, -0.15) is 0 Å². The highest BCUT2D eigenvalue weighted by Crippen LogP contribution is 2.27. The molecule has 0 aliphatic carbocycles. The molecule has 4 heterocycles. The maximum absolute atomic E-state index is 12.8. The maximum atomic E-state index is 12.8. The number of aryl methyl sites for hydroxylation is 1. The Labute approximate surface area is 160 Å². The summed E-state index contributed by atoms with van der Waals surface area (Å²) in [6, 6.07) is 3.94. The first-order chi connectivity index (χ1) is 13.2. The van der Waals surface area contributed by atoms with Gasteiger partial charge in [0.05, 0.1) is 5.56 Å². The number of aromatic nitrogens is 4. The van der Waals surface area contributed by atoms with Crippen molar-refractivity contribution in [3.8, 4) is 0 Å². The first kappa shape index (κ1) is 17.9. The lowest BCUT2D eigenvalue weighted by Gasteiger charge is -2.31. The van der Waals surface area contributed by atoms with E-state index in [-0.39, 0.29) is 5.91 Å². The monoisotopic (exact) mass is 368 g/mol. The van der Waals surface area contributed by atoms with Crippen LogP contribution in [0.1, 0.15) is 60.6 Å². The number of hydrogen-bond donors (Lipinski definition) is 0. The molecule has 27 heavy (non-hydrogen) atoms. The largest absolute Gasteiger partial charge is 0.357 e. The van der Waals surface area contributed by atoms with Gasteiger partial charge in [0.15, 0.2) is 0 Å². The Balaban J connectivity index is 1.36. The van der Waals surface area contributed by atoms with Crippen molar-refractivity contribution in [3.05, 3.63) is 36.0 Å². The van der Waals surface area contributed by atoms with E-state index < -0.39 is 0 Å². The molecule has 0 bridgehead atoms. The van der Waals surface area contributed by atoms with Crippen molar-refractivity contribution in [1.82, 2.24) is 24.6 Å². The Morgan fingerprint density at radius 3 is 2.37 bits per heavy atom. The van der Waals surface area contributed by atoms with Crippen molar-refractivity contribution in [2.24, 2.45) is 7.05 Å². The van der Waals surface area contributed by atoms with Gasteiger partial charge in [0, 0.05) is 45.3 Å². The van der Waals surface area contributed by atoms with Gasteiger partial charge in [-0.25, -0.2) is 4.98 Å². The Morgan fingerprint density at radius 1 is 1.04 bits per heavy atom. The number of anilines is 1. The molecule has 2 aromatic rings. The van der Waals surface area contributed by atoms with E-state index in [0.717, 1.165) is 50.7 Å². The highest BCUT2D eigenvalue weighted by Gasteiger charge is 2.27. The number of rotatable bonds is 3. The van der Waals surface area contributed by atoms with Crippen LogP contribution in [-0.2, 0) is 7.05 Å². The fourth-order valence-corrected chi connectivity index (χ4v) is 4.18. The third kappa shape index (κ3) is 3.96. The number of pyridine rings is 1. The Morgan fingerprint density at radius 2 is 1.78 bits per heavy atom. The zero-order valence-electron chi connectivity index (χ0n) is 16.0. The molecule has 7 nitrogen and oxygen atoms in total. The highest BCUT2D eigenvalue weighted by atomic mass is 16.2. The minimum atomic E-state index is 0.0846. The van der Waals surface area contributed by atoms with Gasteiger partial charge in [-0.15, -0.1) is 10.2 Å². The molecule has 0 unspecified atom stereocenters. The molecule has 0 radical (unpaired) electrons. The fourth-order valence-electron chi connectivity index (χ4n) is 4.18. The Kier molecular flexibility index (Phi) is 5.36. The number of amides is 1. The first-order valence-corrected chi connectivity index (χ1v) is 10.1. The molecule has 2 aliphatic rings. The molecule has 0 atom stereocenters. The Hall–Kier alpha value is -2.44. The second-order valence-electron chi connectivity index (χ2n) is 7.67. The lowest BCUT2D eigenvalue weighted by atomic mass is 9.95. The molecule has 2 aromatic heterocycles. The van der Waals surface area contributed by atoms with E-state index in [1.807, 2.05) is 28.6 Å². The minimum Gasteiger partial charge on any atom is -0.357 e. The molecule has 1 amide bonds. The molecule has 4 rings (SSSR count). The van der Waals surface area contributed by atoms with Crippen LogP contribution in [0.5, 0.6) is 0 Å². The molecule has 0 saturated carbocycles. The van der Waals surface area contributed by atoms with Crippen LogP contribution in [0.15, 0.2) is 24.7 Å². The maximum Gasteiger partial charge on any atom is 0.255 e. The van der Waals surface area contributed by atoms with Crippen molar-refractivity contribution >= 4 is 11.7 Å². The summed E-state index contributed by atoms with van der Waals surface area (Å²) in [4.78, 5) is 21.7. The van der Waals surface area contributed by atoms with E-state index in [1.165, 1.54) is 25.7 Å². The summed E-state index contributed by atoms with van der Waals surface area (Å²) in [5.74, 6) is 2.48. The lowest BCUT2D eigenvalue weighted by Crippen LogP contribution is -2.38. The van der Waals surface area contributed by atoms with Crippen LogP contribution in [0.3, 0.4) is 0 Å². The van der Waals surface area contributed by atoms with Crippen molar-refractivity contribution in [2.45, 2.75) is 44.4 Å². The van der Waals surface area contributed by atoms with Gasteiger partial charge in [0.1, 0.15) is 18.0 Å². The zero-order chi connectivity index (χ0) is 18.6. The summed E-state index contributed by atoms with van der Waals surface area (Å²) >= 11 is 0. The van der Waals surface area contributed by atoms with E-state index in [0.29, 0.717) is 11.5 Å². The van der Waals surface area contributed by atoms with Crippen LogP contribution in [0.4, 0.5) is 5.82 Å². The van der Waals surface area contributed by atoms with Crippen LogP contribution < -0.4 is 4.90 Å². The summed E-state index contributed by atoms with van der Waals surface area (Å²) in [6.45, 7) is 3.64. The predicted octanol–water partition coefficient (Wildman–Crippen LogP) is 2.61. The van der Waals surface area contributed by atoms with Crippen LogP contribution >= 0.6 is 0 Å². The Bertz CT molecular complexity index is 755. The van der Waals surface area contributed by atoms with Crippen molar-refractivity contribution in [1.29, 1.82) is 0 Å². The number of carbonyl (C=O) groups is 1. The SMILES string of the molecule is Cn1cnnc1C1CCN(C(=O)c2ccc(N3CCCCCC3)nc2)CC1. The molecule has 2 aliphatic heterocycles. The van der Waals surface area contributed by atoms with Gasteiger partial charge in [-0.3, -0.25) is 4.79 Å². The van der Waals surface area contributed by atoms with Crippen LogP contribution in [0.2, 0.25) is 0 Å². The smallest absolute Gasteiger partial charge is 0.255 e. The van der Waals surface area contributed by atoms with E-state index in [9.17, 15) is 4.79 Å². The standard InChI is InChI=1S/C20H28N6O/c1-24-15-22-23-19(24)16-8-12-26(13-9-16)20(27)17-6-7-18(21-14-17)25-10-4-2-3-5-11-25/h6-7,14-16H,2-5,8-13H2,1H3. The number of hydrogen-bond acceptors (Lipinski definition) is 5. The third-order valence-electron chi connectivity index (χ3n) is 5.82. The summed E-state index contributed by atoms with van der Waals surface area (Å²) in [5.41, 5.74) is 0.686. The molecule has 2 saturated heterocycles. The van der Waals surface area contributed by atoms with Gasteiger partial charge >= 0.3 is 0 Å². The molecule has 2 fully saturated rings. The van der Waals surface area contributed by atoms with Gasteiger partial charge < -0.3 is 14.4 Å². The summed E-state index contributed by atoms with van der Waals surface area (Å²) in [6.07, 6.45) is 10.4.